The minimum Gasteiger partial charge on any atom is -0.458 e. The maximum Gasteiger partial charge on any atom is 0.331 e. The largest absolute Gasteiger partial charge is 0.458 e. The van der Waals surface area contributed by atoms with Crippen molar-refractivity contribution in [2.24, 2.45) is 0 Å². The van der Waals surface area contributed by atoms with Crippen LogP contribution in [0.2, 0.25) is 0 Å². The third-order valence-corrected chi connectivity index (χ3v) is 3.19. The summed E-state index contributed by atoms with van der Waals surface area (Å²) < 4.78 is 6.07. The van der Waals surface area contributed by atoms with Gasteiger partial charge in [0.05, 0.1) is 0 Å². The first kappa shape index (κ1) is 15.3. The fraction of sp³-hybridized carbons (Fsp3) is 0.0556. The highest BCUT2D eigenvalue weighted by Crippen LogP contribution is 2.12. The second kappa shape index (κ2) is 8.22. The SMILES string of the molecule is O=C(/C=C/c1cccc(Br)c1)OC/C=C/c1ccccc1. The molecule has 0 atom stereocenters. The fourth-order valence-corrected chi connectivity index (χ4v) is 2.12. The van der Waals surface area contributed by atoms with Crippen LogP contribution in [0.25, 0.3) is 12.2 Å². The van der Waals surface area contributed by atoms with Crippen LogP contribution in [-0.2, 0) is 9.53 Å². The van der Waals surface area contributed by atoms with Crippen molar-refractivity contribution < 1.29 is 9.53 Å². The maximum atomic E-state index is 11.6. The molecule has 2 rings (SSSR count). The Morgan fingerprint density at radius 2 is 1.76 bits per heavy atom. The van der Waals surface area contributed by atoms with Gasteiger partial charge in [-0.3, -0.25) is 0 Å². The minimum atomic E-state index is -0.354. The van der Waals surface area contributed by atoms with Gasteiger partial charge in [-0.25, -0.2) is 4.79 Å². The molecule has 2 aromatic rings. The Balaban J connectivity index is 1.79. The Morgan fingerprint density at radius 3 is 2.52 bits per heavy atom. The topological polar surface area (TPSA) is 26.3 Å². The lowest BCUT2D eigenvalue weighted by molar-refractivity contribution is -0.136. The quantitative estimate of drug-likeness (QED) is 0.580. The van der Waals surface area contributed by atoms with Gasteiger partial charge in [-0.1, -0.05) is 64.5 Å². The second-order valence-electron chi connectivity index (χ2n) is 4.33. The Morgan fingerprint density at radius 1 is 1.00 bits per heavy atom. The lowest BCUT2D eigenvalue weighted by atomic mass is 10.2. The molecule has 0 fully saturated rings. The predicted octanol–water partition coefficient (Wildman–Crippen LogP) is 4.72. The Kier molecular flexibility index (Phi) is 5.98. The van der Waals surface area contributed by atoms with Gasteiger partial charge in [0.25, 0.3) is 0 Å². The van der Waals surface area contributed by atoms with Crippen LogP contribution < -0.4 is 0 Å². The highest BCUT2D eigenvalue weighted by atomic mass is 79.9. The van der Waals surface area contributed by atoms with E-state index in [1.54, 1.807) is 6.08 Å². The molecule has 0 aliphatic rings. The first-order valence-corrected chi connectivity index (χ1v) is 7.35. The van der Waals surface area contributed by atoms with E-state index >= 15 is 0 Å². The molecule has 0 saturated heterocycles. The summed E-state index contributed by atoms with van der Waals surface area (Å²) in [4.78, 5) is 11.6. The van der Waals surface area contributed by atoms with Crippen molar-refractivity contribution in [1.29, 1.82) is 0 Å². The van der Waals surface area contributed by atoms with Crippen LogP contribution >= 0.6 is 15.9 Å². The number of carbonyl (C=O) groups excluding carboxylic acids is 1. The number of esters is 1. The predicted molar refractivity (Wildman–Crippen MR) is 89.6 cm³/mol. The summed E-state index contributed by atoms with van der Waals surface area (Å²) in [7, 11) is 0. The Bertz CT molecular complexity index is 645. The zero-order valence-corrected chi connectivity index (χ0v) is 13.0. The van der Waals surface area contributed by atoms with Crippen molar-refractivity contribution in [2.75, 3.05) is 6.61 Å². The smallest absolute Gasteiger partial charge is 0.331 e. The number of halogens is 1. The molecule has 2 nitrogen and oxygen atoms in total. The molecular weight excluding hydrogens is 328 g/mol. The number of carbonyl (C=O) groups is 1. The summed E-state index contributed by atoms with van der Waals surface area (Å²) in [5.41, 5.74) is 2.03. The normalized spacial score (nSPS) is 11.1. The molecule has 0 saturated carbocycles. The molecule has 0 unspecified atom stereocenters. The molecule has 106 valence electrons. The van der Waals surface area contributed by atoms with E-state index in [2.05, 4.69) is 15.9 Å². The number of benzene rings is 2. The summed E-state index contributed by atoms with van der Waals surface area (Å²) in [6.45, 7) is 0.260. The third-order valence-electron chi connectivity index (χ3n) is 2.69. The van der Waals surface area contributed by atoms with Crippen molar-refractivity contribution >= 4 is 34.1 Å². The van der Waals surface area contributed by atoms with Gasteiger partial charge in [-0.05, 0) is 35.4 Å². The molecule has 3 heteroatoms. The van der Waals surface area contributed by atoms with Crippen LogP contribution in [0.4, 0.5) is 0 Å². The number of hydrogen-bond acceptors (Lipinski definition) is 2. The zero-order chi connectivity index (χ0) is 14.9. The van der Waals surface area contributed by atoms with E-state index in [0.717, 1.165) is 15.6 Å². The summed E-state index contributed by atoms with van der Waals surface area (Å²) in [5, 5.41) is 0. The molecule has 0 aromatic heterocycles. The van der Waals surface area contributed by atoms with Crippen molar-refractivity contribution in [3.8, 4) is 0 Å². The maximum absolute atomic E-state index is 11.6. The molecule has 2 aromatic carbocycles. The molecular formula is C18H15BrO2. The van der Waals surface area contributed by atoms with Crippen LogP contribution in [0.15, 0.2) is 71.2 Å². The van der Waals surface area contributed by atoms with Crippen molar-refractivity contribution in [1.82, 2.24) is 0 Å². The number of rotatable bonds is 5. The standard InChI is InChI=1S/C18H15BrO2/c19-17-10-4-8-16(14-17)11-12-18(20)21-13-5-9-15-6-2-1-3-7-15/h1-12,14H,13H2/b9-5+,12-11+. The Hall–Kier alpha value is -2.13. The molecule has 0 N–H and O–H groups in total. The molecule has 0 amide bonds. The lowest BCUT2D eigenvalue weighted by Gasteiger charge is -1.97. The first-order valence-electron chi connectivity index (χ1n) is 6.56. The van der Waals surface area contributed by atoms with E-state index in [1.165, 1.54) is 6.08 Å². The average molecular weight is 343 g/mol. The van der Waals surface area contributed by atoms with Gasteiger partial charge in [-0.2, -0.15) is 0 Å². The van der Waals surface area contributed by atoms with Crippen LogP contribution in [0.1, 0.15) is 11.1 Å². The highest BCUT2D eigenvalue weighted by Gasteiger charge is 1.95. The highest BCUT2D eigenvalue weighted by molar-refractivity contribution is 9.10. The third kappa shape index (κ3) is 5.79. The lowest BCUT2D eigenvalue weighted by Crippen LogP contribution is -1.99. The number of ether oxygens (including phenoxy) is 1. The van der Waals surface area contributed by atoms with Crippen molar-refractivity contribution in [2.45, 2.75) is 0 Å². The van der Waals surface area contributed by atoms with Crippen molar-refractivity contribution in [3.63, 3.8) is 0 Å². The minimum absolute atomic E-state index is 0.260. The molecule has 21 heavy (non-hydrogen) atoms. The molecule has 0 aliphatic carbocycles. The molecule has 0 spiro atoms. The summed E-state index contributed by atoms with van der Waals surface area (Å²) in [6.07, 6.45) is 6.90. The Labute approximate surface area is 132 Å². The van der Waals surface area contributed by atoms with Crippen LogP contribution in [-0.4, -0.2) is 12.6 Å². The van der Waals surface area contributed by atoms with Gasteiger partial charge in [-0.15, -0.1) is 0 Å². The summed E-state index contributed by atoms with van der Waals surface area (Å²) in [5.74, 6) is -0.354. The zero-order valence-electron chi connectivity index (χ0n) is 11.4. The first-order chi connectivity index (χ1) is 10.2. The van der Waals surface area contributed by atoms with E-state index < -0.39 is 0 Å². The van der Waals surface area contributed by atoms with Gasteiger partial charge in [0.2, 0.25) is 0 Å². The van der Waals surface area contributed by atoms with Gasteiger partial charge in [0.1, 0.15) is 6.61 Å². The van der Waals surface area contributed by atoms with Gasteiger partial charge in [0.15, 0.2) is 0 Å². The monoisotopic (exact) mass is 342 g/mol. The van der Waals surface area contributed by atoms with Gasteiger partial charge < -0.3 is 4.74 Å². The second-order valence-corrected chi connectivity index (χ2v) is 5.25. The number of hydrogen-bond donors (Lipinski definition) is 0. The van der Waals surface area contributed by atoms with Gasteiger partial charge >= 0.3 is 5.97 Å². The van der Waals surface area contributed by atoms with Crippen LogP contribution in [0, 0.1) is 0 Å². The molecule has 0 bridgehead atoms. The summed E-state index contributed by atoms with van der Waals surface area (Å²) >= 11 is 3.38. The van der Waals surface area contributed by atoms with Crippen LogP contribution in [0.5, 0.6) is 0 Å². The molecule has 0 heterocycles. The average Bonchev–Trinajstić information content (AvgIpc) is 2.51. The van der Waals surface area contributed by atoms with E-state index in [-0.39, 0.29) is 12.6 Å². The van der Waals surface area contributed by atoms with Crippen molar-refractivity contribution in [3.05, 3.63) is 82.3 Å². The summed E-state index contributed by atoms with van der Waals surface area (Å²) in [6, 6.07) is 17.6. The van der Waals surface area contributed by atoms with E-state index in [0.29, 0.717) is 0 Å². The van der Waals surface area contributed by atoms with E-state index in [4.69, 9.17) is 4.74 Å². The van der Waals surface area contributed by atoms with Crippen LogP contribution in [0.3, 0.4) is 0 Å². The molecule has 0 aliphatic heterocycles. The molecule has 0 radical (unpaired) electrons. The fourth-order valence-electron chi connectivity index (χ4n) is 1.70. The van der Waals surface area contributed by atoms with Gasteiger partial charge in [0, 0.05) is 10.5 Å². The van der Waals surface area contributed by atoms with E-state index in [9.17, 15) is 4.79 Å². The van der Waals surface area contributed by atoms with E-state index in [1.807, 2.05) is 66.7 Å².